The van der Waals surface area contributed by atoms with Gasteiger partial charge in [-0.05, 0) is 50.5 Å². The van der Waals surface area contributed by atoms with Gasteiger partial charge in [0.05, 0.1) is 0 Å². The van der Waals surface area contributed by atoms with Gasteiger partial charge in [-0.1, -0.05) is 26.2 Å². The van der Waals surface area contributed by atoms with Crippen LogP contribution in [-0.4, -0.2) is 25.8 Å². The van der Waals surface area contributed by atoms with Crippen LogP contribution >= 0.6 is 0 Å². The van der Waals surface area contributed by atoms with Gasteiger partial charge in [0.2, 0.25) is 0 Å². The summed E-state index contributed by atoms with van der Waals surface area (Å²) in [6.07, 6.45) is 11.2. The van der Waals surface area contributed by atoms with Gasteiger partial charge in [-0.2, -0.15) is 0 Å². The molecule has 2 atom stereocenters. The van der Waals surface area contributed by atoms with Gasteiger partial charge in [-0.3, -0.25) is 0 Å². The predicted octanol–water partition coefficient (Wildman–Crippen LogP) is 3.36. The zero-order valence-electron chi connectivity index (χ0n) is 11.4. The van der Waals surface area contributed by atoms with E-state index in [2.05, 4.69) is 12.2 Å². The van der Waals surface area contributed by atoms with Crippen molar-refractivity contribution in [1.29, 1.82) is 0 Å². The zero-order valence-corrected chi connectivity index (χ0v) is 11.4. The van der Waals surface area contributed by atoms with Crippen molar-refractivity contribution >= 4 is 0 Å². The van der Waals surface area contributed by atoms with E-state index in [4.69, 9.17) is 4.74 Å². The summed E-state index contributed by atoms with van der Waals surface area (Å²) in [4.78, 5) is 0. The van der Waals surface area contributed by atoms with E-state index in [-0.39, 0.29) is 0 Å². The second-order valence-corrected chi connectivity index (χ2v) is 5.92. The van der Waals surface area contributed by atoms with Gasteiger partial charge in [0.1, 0.15) is 0 Å². The minimum Gasteiger partial charge on any atom is -0.381 e. The van der Waals surface area contributed by atoms with E-state index in [1.54, 1.807) is 0 Å². The van der Waals surface area contributed by atoms with Crippen LogP contribution in [0.4, 0.5) is 0 Å². The smallest absolute Gasteiger partial charge is 0.0495 e. The summed E-state index contributed by atoms with van der Waals surface area (Å²) in [5.41, 5.74) is 0. The van der Waals surface area contributed by atoms with Gasteiger partial charge >= 0.3 is 0 Å². The summed E-state index contributed by atoms with van der Waals surface area (Å²) >= 11 is 0. The molecule has 2 fully saturated rings. The van der Waals surface area contributed by atoms with Crippen molar-refractivity contribution in [2.24, 2.45) is 11.8 Å². The molecular weight excluding hydrogens is 210 g/mol. The monoisotopic (exact) mass is 239 g/mol. The lowest BCUT2D eigenvalue weighted by molar-refractivity contribution is 0.172. The van der Waals surface area contributed by atoms with Crippen LogP contribution in [0.2, 0.25) is 0 Å². The molecule has 0 radical (unpaired) electrons. The first kappa shape index (κ1) is 13.4. The van der Waals surface area contributed by atoms with E-state index in [0.717, 1.165) is 31.1 Å². The average molecular weight is 239 g/mol. The fraction of sp³-hybridized carbons (Fsp3) is 1.00. The highest BCUT2D eigenvalue weighted by molar-refractivity contribution is 4.82. The van der Waals surface area contributed by atoms with Crippen LogP contribution in [-0.2, 0) is 4.74 Å². The number of ether oxygens (including phenoxy) is 1. The van der Waals surface area contributed by atoms with Crippen LogP contribution in [0.1, 0.15) is 58.3 Å². The van der Waals surface area contributed by atoms with E-state index >= 15 is 0 Å². The van der Waals surface area contributed by atoms with Crippen molar-refractivity contribution in [2.45, 2.75) is 64.3 Å². The standard InChI is InChI=1S/C15H29NO/c1-2-9-16-15(11-13-8-10-17-12-13)14-6-4-3-5-7-14/h13-16H,2-12H2,1H3. The molecule has 0 aromatic carbocycles. The van der Waals surface area contributed by atoms with Crippen LogP contribution in [0.25, 0.3) is 0 Å². The first-order valence-electron chi connectivity index (χ1n) is 7.71. The van der Waals surface area contributed by atoms with Crippen molar-refractivity contribution in [3.8, 4) is 0 Å². The van der Waals surface area contributed by atoms with Gasteiger partial charge in [0.15, 0.2) is 0 Å². The molecular formula is C15H29NO. The third-order valence-corrected chi connectivity index (χ3v) is 4.49. The minimum atomic E-state index is 0.766. The molecule has 2 unspecified atom stereocenters. The minimum absolute atomic E-state index is 0.766. The molecule has 100 valence electrons. The van der Waals surface area contributed by atoms with Crippen molar-refractivity contribution in [3.63, 3.8) is 0 Å². The largest absolute Gasteiger partial charge is 0.381 e. The van der Waals surface area contributed by atoms with E-state index < -0.39 is 0 Å². The number of rotatable bonds is 6. The van der Waals surface area contributed by atoms with E-state index in [1.807, 2.05) is 0 Å². The normalized spacial score (nSPS) is 28.4. The second-order valence-electron chi connectivity index (χ2n) is 5.92. The average Bonchev–Trinajstić information content (AvgIpc) is 2.88. The van der Waals surface area contributed by atoms with Gasteiger partial charge in [-0.25, -0.2) is 0 Å². The molecule has 2 nitrogen and oxygen atoms in total. The predicted molar refractivity (Wildman–Crippen MR) is 72.2 cm³/mol. The Labute approximate surface area is 107 Å². The molecule has 0 spiro atoms. The van der Waals surface area contributed by atoms with Gasteiger partial charge in [-0.15, -0.1) is 0 Å². The molecule has 0 amide bonds. The Bertz CT molecular complexity index is 195. The molecule has 2 heteroatoms. The number of hydrogen-bond acceptors (Lipinski definition) is 2. The highest BCUT2D eigenvalue weighted by atomic mass is 16.5. The third-order valence-electron chi connectivity index (χ3n) is 4.49. The Morgan fingerprint density at radius 1 is 1.18 bits per heavy atom. The highest BCUT2D eigenvalue weighted by Crippen LogP contribution is 2.30. The maximum atomic E-state index is 5.52. The second kappa shape index (κ2) is 7.38. The van der Waals surface area contributed by atoms with Crippen LogP contribution < -0.4 is 5.32 Å². The quantitative estimate of drug-likeness (QED) is 0.767. The molecule has 0 aromatic heterocycles. The number of nitrogens with one attached hydrogen (secondary N) is 1. The van der Waals surface area contributed by atoms with E-state index in [9.17, 15) is 0 Å². The summed E-state index contributed by atoms with van der Waals surface area (Å²) in [5.74, 6) is 1.77. The lowest BCUT2D eigenvalue weighted by atomic mass is 9.80. The van der Waals surface area contributed by atoms with Crippen LogP contribution in [0.3, 0.4) is 0 Å². The first-order valence-corrected chi connectivity index (χ1v) is 7.71. The molecule has 17 heavy (non-hydrogen) atoms. The van der Waals surface area contributed by atoms with Gasteiger partial charge < -0.3 is 10.1 Å². The summed E-state index contributed by atoms with van der Waals surface area (Å²) in [5, 5.41) is 3.81. The third kappa shape index (κ3) is 4.26. The lowest BCUT2D eigenvalue weighted by Crippen LogP contribution is -2.39. The Balaban J connectivity index is 1.81. The van der Waals surface area contributed by atoms with Crippen LogP contribution in [0.15, 0.2) is 0 Å². The Kier molecular flexibility index (Phi) is 5.79. The number of hydrogen-bond donors (Lipinski definition) is 1. The SMILES string of the molecule is CCCNC(CC1CCOC1)C1CCCCC1. The molecule has 1 saturated heterocycles. The summed E-state index contributed by atoms with van der Waals surface area (Å²) in [6, 6.07) is 0.766. The zero-order chi connectivity index (χ0) is 11.9. The summed E-state index contributed by atoms with van der Waals surface area (Å²) < 4.78 is 5.52. The maximum absolute atomic E-state index is 5.52. The lowest BCUT2D eigenvalue weighted by Gasteiger charge is -2.32. The Morgan fingerprint density at radius 2 is 2.00 bits per heavy atom. The highest BCUT2D eigenvalue weighted by Gasteiger charge is 2.27. The van der Waals surface area contributed by atoms with Gasteiger partial charge in [0, 0.05) is 19.3 Å². The summed E-state index contributed by atoms with van der Waals surface area (Å²) in [7, 11) is 0. The summed E-state index contributed by atoms with van der Waals surface area (Å²) in [6.45, 7) is 5.46. The maximum Gasteiger partial charge on any atom is 0.0495 e. The van der Waals surface area contributed by atoms with Crippen LogP contribution in [0.5, 0.6) is 0 Å². The fourth-order valence-corrected chi connectivity index (χ4v) is 3.44. The molecule has 0 aromatic rings. The Morgan fingerprint density at radius 3 is 2.65 bits per heavy atom. The van der Waals surface area contributed by atoms with E-state index in [0.29, 0.717) is 0 Å². The van der Waals surface area contributed by atoms with Crippen molar-refractivity contribution < 1.29 is 4.74 Å². The topological polar surface area (TPSA) is 21.3 Å². The molecule has 2 aliphatic rings. The molecule has 0 bridgehead atoms. The van der Waals surface area contributed by atoms with E-state index in [1.165, 1.54) is 57.9 Å². The van der Waals surface area contributed by atoms with Gasteiger partial charge in [0.25, 0.3) is 0 Å². The van der Waals surface area contributed by atoms with Crippen molar-refractivity contribution in [1.82, 2.24) is 5.32 Å². The molecule has 1 saturated carbocycles. The fourth-order valence-electron chi connectivity index (χ4n) is 3.44. The van der Waals surface area contributed by atoms with Crippen molar-refractivity contribution in [2.75, 3.05) is 19.8 Å². The molecule has 1 aliphatic heterocycles. The molecule has 1 aliphatic carbocycles. The molecule has 2 rings (SSSR count). The first-order chi connectivity index (χ1) is 8.40. The molecule has 1 heterocycles. The van der Waals surface area contributed by atoms with Crippen molar-refractivity contribution in [3.05, 3.63) is 0 Å². The molecule has 1 N–H and O–H groups in total. The van der Waals surface area contributed by atoms with Crippen LogP contribution in [0, 0.1) is 11.8 Å². The Hall–Kier alpha value is -0.0800.